The van der Waals surface area contributed by atoms with E-state index in [1.54, 1.807) is 0 Å². The molecule has 1 aliphatic rings. The minimum absolute atomic E-state index is 0.00318. The minimum Gasteiger partial charge on any atom is -0.480 e. The summed E-state index contributed by atoms with van der Waals surface area (Å²) in [5, 5.41) is 8.91. The topological polar surface area (TPSA) is 40.5 Å². The molecule has 1 aliphatic carbocycles. The summed E-state index contributed by atoms with van der Waals surface area (Å²) in [5.41, 5.74) is 2.54. The van der Waals surface area contributed by atoms with Crippen molar-refractivity contribution in [3.05, 3.63) is 35.4 Å². The first kappa shape index (κ1) is 11.7. The molecule has 0 spiro atoms. The summed E-state index contributed by atoms with van der Waals surface area (Å²) in [7, 11) is 0. The average Bonchev–Trinajstić information content (AvgIpc) is 2.71. The molecule has 0 heterocycles. The van der Waals surface area contributed by atoms with Crippen LogP contribution in [0.1, 0.15) is 23.6 Å². The molecule has 0 aromatic heterocycles. The van der Waals surface area contributed by atoms with Crippen molar-refractivity contribution in [1.29, 1.82) is 0 Å². The van der Waals surface area contributed by atoms with Crippen molar-refractivity contribution in [2.45, 2.75) is 18.9 Å². The number of benzene rings is 1. The number of carboxylic acid groups (broad SMARTS) is 1. The fraction of sp³-hybridized carbons (Fsp3) is 0.357. The SMILES string of the molecule is C#CCN(CC(=O)O)C1CCc2ccccc21. The molecule has 1 atom stereocenters. The Kier molecular flexibility index (Phi) is 3.46. The number of carbonyl (C=O) groups is 1. The van der Waals surface area contributed by atoms with Gasteiger partial charge in [0.2, 0.25) is 0 Å². The zero-order valence-electron chi connectivity index (χ0n) is 9.60. The first-order valence-electron chi connectivity index (χ1n) is 5.69. The van der Waals surface area contributed by atoms with Crippen molar-refractivity contribution in [1.82, 2.24) is 4.90 Å². The van der Waals surface area contributed by atoms with Crippen LogP contribution in [0.5, 0.6) is 0 Å². The highest BCUT2D eigenvalue weighted by molar-refractivity contribution is 5.69. The predicted molar refractivity (Wildman–Crippen MR) is 65.5 cm³/mol. The van der Waals surface area contributed by atoms with Gasteiger partial charge in [0.25, 0.3) is 0 Å². The molecular weight excluding hydrogens is 214 g/mol. The van der Waals surface area contributed by atoms with E-state index in [4.69, 9.17) is 11.5 Å². The van der Waals surface area contributed by atoms with Crippen LogP contribution in [0.4, 0.5) is 0 Å². The Morgan fingerprint density at radius 2 is 2.29 bits per heavy atom. The van der Waals surface area contributed by atoms with E-state index in [1.165, 1.54) is 11.1 Å². The third kappa shape index (κ3) is 2.48. The van der Waals surface area contributed by atoms with E-state index in [0.29, 0.717) is 6.54 Å². The molecule has 1 N–H and O–H groups in total. The molecule has 0 saturated carbocycles. The summed E-state index contributed by atoms with van der Waals surface area (Å²) in [6, 6.07) is 8.33. The molecule has 0 aliphatic heterocycles. The highest BCUT2D eigenvalue weighted by Gasteiger charge is 2.28. The molecule has 3 nitrogen and oxygen atoms in total. The van der Waals surface area contributed by atoms with Crippen LogP contribution < -0.4 is 0 Å². The fourth-order valence-electron chi connectivity index (χ4n) is 2.48. The maximum absolute atomic E-state index is 10.8. The third-order valence-electron chi connectivity index (χ3n) is 3.17. The first-order valence-corrected chi connectivity index (χ1v) is 5.69. The van der Waals surface area contributed by atoms with Crippen molar-refractivity contribution >= 4 is 5.97 Å². The average molecular weight is 229 g/mol. The van der Waals surface area contributed by atoms with E-state index in [1.807, 2.05) is 17.0 Å². The summed E-state index contributed by atoms with van der Waals surface area (Å²) in [6.07, 6.45) is 7.26. The van der Waals surface area contributed by atoms with Gasteiger partial charge in [0, 0.05) is 6.04 Å². The maximum atomic E-state index is 10.8. The van der Waals surface area contributed by atoms with E-state index >= 15 is 0 Å². The summed E-state index contributed by atoms with van der Waals surface area (Å²) in [6.45, 7) is 0.383. The molecule has 0 amide bonds. The molecule has 2 rings (SSSR count). The van der Waals surface area contributed by atoms with Crippen molar-refractivity contribution in [3.63, 3.8) is 0 Å². The predicted octanol–water partition coefficient (Wildman–Crippen LogP) is 1.69. The number of hydrogen-bond acceptors (Lipinski definition) is 2. The van der Waals surface area contributed by atoms with E-state index in [-0.39, 0.29) is 12.6 Å². The van der Waals surface area contributed by atoms with Crippen molar-refractivity contribution in [2.75, 3.05) is 13.1 Å². The summed E-state index contributed by atoms with van der Waals surface area (Å²) >= 11 is 0. The van der Waals surface area contributed by atoms with Gasteiger partial charge in [-0.05, 0) is 24.0 Å². The molecule has 0 fully saturated rings. The van der Waals surface area contributed by atoms with E-state index in [2.05, 4.69) is 18.1 Å². The lowest BCUT2D eigenvalue weighted by Gasteiger charge is -2.25. The van der Waals surface area contributed by atoms with Crippen LogP contribution >= 0.6 is 0 Å². The second kappa shape index (κ2) is 5.03. The van der Waals surface area contributed by atoms with Crippen LogP contribution in [0.15, 0.2) is 24.3 Å². The molecule has 0 bridgehead atoms. The van der Waals surface area contributed by atoms with Crippen LogP contribution in [-0.2, 0) is 11.2 Å². The highest BCUT2D eigenvalue weighted by atomic mass is 16.4. The monoisotopic (exact) mass is 229 g/mol. The van der Waals surface area contributed by atoms with Crippen molar-refractivity contribution < 1.29 is 9.90 Å². The summed E-state index contributed by atoms with van der Waals surface area (Å²) < 4.78 is 0. The largest absolute Gasteiger partial charge is 0.480 e. The lowest BCUT2D eigenvalue weighted by Crippen LogP contribution is -2.33. The number of rotatable bonds is 4. The Balaban J connectivity index is 2.21. The molecule has 88 valence electrons. The summed E-state index contributed by atoms with van der Waals surface area (Å²) in [4.78, 5) is 12.7. The van der Waals surface area contributed by atoms with Crippen LogP contribution in [0.2, 0.25) is 0 Å². The number of carboxylic acids is 1. The first-order chi connectivity index (χ1) is 8.22. The Labute approximate surface area is 101 Å². The Bertz CT molecular complexity index is 462. The zero-order valence-corrected chi connectivity index (χ0v) is 9.60. The fourth-order valence-corrected chi connectivity index (χ4v) is 2.48. The quantitative estimate of drug-likeness (QED) is 0.799. The second-order valence-corrected chi connectivity index (χ2v) is 4.26. The molecule has 0 radical (unpaired) electrons. The molecular formula is C14H15NO2. The van der Waals surface area contributed by atoms with Crippen molar-refractivity contribution in [3.8, 4) is 12.3 Å². The van der Waals surface area contributed by atoms with Crippen LogP contribution in [0.3, 0.4) is 0 Å². The van der Waals surface area contributed by atoms with Gasteiger partial charge in [-0.25, -0.2) is 0 Å². The number of aliphatic carboxylic acids is 1. The number of nitrogens with zero attached hydrogens (tertiary/aromatic N) is 1. The smallest absolute Gasteiger partial charge is 0.317 e. The molecule has 1 aromatic carbocycles. The number of hydrogen-bond donors (Lipinski definition) is 1. The lowest BCUT2D eigenvalue weighted by molar-refractivity contribution is -0.138. The third-order valence-corrected chi connectivity index (χ3v) is 3.17. The van der Waals surface area contributed by atoms with E-state index < -0.39 is 5.97 Å². The molecule has 17 heavy (non-hydrogen) atoms. The van der Waals surface area contributed by atoms with E-state index in [9.17, 15) is 4.79 Å². The second-order valence-electron chi connectivity index (χ2n) is 4.26. The standard InChI is InChI=1S/C14H15NO2/c1-2-9-15(10-14(16)17)13-8-7-11-5-3-4-6-12(11)13/h1,3-6,13H,7-10H2,(H,16,17). The minimum atomic E-state index is -0.829. The highest BCUT2D eigenvalue weighted by Crippen LogP contribution is 2.35. The van der Waals surface area contributed by atoms with Gasteiger partial charge in [-0.2, -0.15) is 0 Å². The summed E-state index contributed by atoms with van der Waals surface area (Å²) in [5.74, 6) is 1.71. The normalized spacial score (nSPS) is 17.8. The molecule has 1 unspecified atom stereocenters. The van der Waals surface area contributed by atoms with Gasteiger partial charge in [-0.3, -0.25) is 9.69 Å². The molecule has 0 saturated heterocycles. The molecule has 1 aromatic rings. The Morgan fingerprint density at radius 1 is 1.53 bits per heavy atom. The van der Waals surface area contributed by atoms with Gasteiger partial charge in [0.1, 0.15) is 0 Å². The van der Waals surface area contributed by atoms with Gasteiger partial charge < -0.3 is 5.11 Å². The van der Waals surface area contributed by atoms with Gasteiger partial charge in [0.15, 0.2) is 0 Å². The van der Waals surface area contributed by atoms with Gasteiger partial charge >= 0.3 is 5.97 Å². The Morgan fingerprint density at radius 3 is 3.00 bits per heavy atom. The number of fused-ring (bicyclic) bond motifs is 1. The van der Waals surface area contributed by atoms with Gasteiger partial charge in [-0.1, -0.05) is 30.2 Å². The van der Waals surface area contributed by atoms with Gasteiger partial charge in [-0.15, -0.1) is 6.42 Å². The maximum Gasteiger partial charge on any atom is 0.317 e. The zero-order chi connectivity index (χ0) is 12.3. The number of terminal acetylenes is 1. The van der Waals surface area contributed by atoms with Crippen LogP contribution in [-0.4, -0.2) is 29.1 Å². The lowest BCUT2D eigenvalue weighted by atomic mass is 10.1. The number of aryl methyl sites for hydroxylation is 1. The van der Waals surface area contributed by atoms with Gasteiger partial charge in [0.05, 0.1) is 13.1 Å². The van der Waals surface area contributed by atoms with Crippen molar-refractivity contribution in [2.24, 2.45) is 0 Å². The van der Waals surface area contributed by atoms with Crippen LogP contribution in [0.25, 0.3) is 0 Å². The Hall–Kier alpha value is -1.79. The van der Waals surface area contributed by atoms with Crippen LogP contribution in [0, 0.1) is 12.3 Å². The molecule has 3 heteroatoms. The van der Waals surface area contributed by atoms with E-state index in [0.717, 1.165) is 12.8 Å².